The van der Waals surface area contributed by atoms with E-state index in [1.54, 1.807) is 47.4 Å². The van der Waals surface area contributed by atoms with E-state index in [1.165, 1.54) is 4.90 Å². The van der Waals surface area contributed by atoms with E-state index in [4.69, 9.17) is 17.0 Å². The molecule has 4 rings (SSSR count). The summed E-state index contributed by atoms with van der Waals surface area (Å²) < 4.78 is 5.88. The van der Waals surface area contributed by atoms with Gasteiger partial charge in [0, 0.05) is 17.8 Å². The first-order chi connectivity index (χ1) is 16.4. The molecule has 2 aliphatic rings. The number of thioether (sulfide) groups is 1. The smallest absolute Gasteiger partial charge is 0.267 e. The molecule has 1 saturated heterocycles. The van der Waals surface area contributed by atoms with Crippen molar-refractivity contribution in [1.29, 1.82) is 0 Å². The Kier molecular flexibility index (Phi) is 7.33. The molecular weight excluding hydrogens is 470 g/mol. The second-order valence-corrected chi connectivity index (χ2v) is 9.44. The predicted molar refractivity (Wildman–Crippen MR) is 139 cm³/mol. The van der Waals surface area contributed by atoms with Crippen LogP contribution in [0.3, 0.4) is 0 Å². The highest BCUT2D eigenvalue weighted by atomic mass is 32.2. The van der Waals surface area contributed by atoms with Gasteiger partial charge in [-0.2, -0.15) is 0 Å². The summed E-state index contributed by atoms with van der Waals surface area (Å²) in [4.78, 5) is 42.7. The molecule has 0 saturated carbocycles. The van der Waals surface area contributed by atoms with Crippen LogP contribution >= 0.6 is 24.0 Å². The number of fused-ring (bicyclic) bond motifs is 1. The number of carbonyl (C=O) groups is 3. The maximum Gasteiger partial charge on any atom is 0.267 e. The molecule has 0 radical (unpaired) electrons. The molecule has 34 heavy (non-hydrogen) atoms. The molecule has 2 aromatic carbocycles. The zero-order chi connectivity index (χ0) is 24.2. The number of amides is 3. The number of carbonyl (C=O) groups excluding carboxylic acids is 3. The zero-order valence-corrected chi connectivity index (χ0v) is 20.6. The van der Waals surface area contributed by atoms with Crippen LogP contribution < -0.4 is 15.0 Å². The summed E-state index contributed by atoms with van der Waals surface area (Å²) in [5.41, 5.74) is 2.15. The third-order valence-electron chi connectivity index (χ3n) is 5.49. The minimum atomic E-state index is -0.376. The summed E-state index contributed by atoms with van der Waals surface area (Å²) in [6, 6.07) is 14.2. The van der Waals surface area contributed by atoms with Crippen molar-refractivity contribution in [2.24, 2.45) is 0 Å². The molecule has 1 N–H and O–H groups in total. The molecule has 0 aromatic heterocycles. The molecule has 1 fully saturated rings. The van der Waals surface area contributed by atoms with Crippen molar-refractivity contribution < 1.29 is 19.1 Å². The summed E-state index contributed by atoms with van der Waals surface area (Å²) in [7, 11) is 0. The molecule has 0 aliphatic carbocycles. The molecule has 0 unspecified atom stereocenters. The zero-order valence-electron chi connectivity index (χ0n) is 19.0. The summed E-state index contributed by atoms with van der Waals surface area (Å²) in [5, 5.41) is 2.81. The van der Waals surface area contributed by atoms with Crippen LogP contribution in [0.5, 0.6) is 5.75 Å². The van der Waals surface area contributed by atoms with E-state index in [0.717, 1.165) is 24.6 Å². The number of thiocarbonyl (C=S) groups is 1. The molecule has 2 aliphatic heterocycles. The molecule has 2 aromatic rings. The topological polar surface area (TPSA) is 79.0 Å². The van der Waals surface area contributed by atoms with Crippen LogP contribution in [0.1, 0.15) is 32.3 Å². The van der Waals surface area contributed by atoms with Crippen molar-refractivity contribution in [3.05, 3.63) is 59.0 Å². The number of benzene rings is 2. The highest BCUT2D eigenvalue weighted by Crippen LogP contribution is 2.44. The van der Waals surface area contributed by atoms with E-state index in [-0.39, 0.29) is 24.3 Å². The molecular formula is C25H25N3O4S2. The summed E-state index contributed by atoms with van der Waals surface area (Å²) in [6.07, 6.45) is 1.76. The van der Waals surface area contributed by atoms with Crippen LogP contribution in [-0.2, 0) is 14.4 Å². The average Bonchev–Trinajstić information content (AvgIpc) is 3.26. The lowest BCUT2D eigenvalue weighted by Gasteiger charge is -2.17. The van der Waals surface area contributed by atoms with E-state index in [2.05, 4.69) is 5.32 Å². The third kappa shape index (κ3) is 4.71. The lowest BCUT2D eigenvalue weighted by Crippen LogP contribution is -2.35. The normalized spacial score (nSPS) is 17.4. The maximum absolute atomic E-state index is 13.5. The first kappa shape index (κ1) is 24.0. The molecule has 0 spiro atoms. The van der Waals surface area contributed by atoms with Gasteiger partial charge in [-0.25, -0.2) is 0 Å². The van der Waals surface area contributed by atoms with Crippen molar-refractivity contribution in [3.8, 4) is 5.75 Å². The van der Waals surface area contributed by atoms with Crippen molar-refractivity contribution in [1.82, 2.24) is 4.90 Å². The first-order valence-electron chi connectivity index (χ1n) is 11.2. The fourth-order valence-electron chi connectivity index (χ4n) is 3.86. The molecule has 0 bridgehead atoms. The molecule has 176 valence electrons. The SMILES string of the molecule is CCCCN1C(=O)/C(=C2\C(=O)N(CC(=O)Nc3ccc(OCC)cc3)c3ccccc32)SC1=S. The molecule has 0 atom stereocenters. The van der Waals surface area contributed by atoms with Gasteiger partial charge in [0.1, 0.15) is 16.6 Å². The highest BCUT2D eigenvalue weighted by Gasteiger charge is 2.42. The number of unbranched alkanes of at least 4 members (excludes halogenated alkanes) is 1. The second kappa shape index (κ2) is 10.4. The first-order valence-corrected chi connectivity index (χ1v) is 12.4. The Labute approximate surface area is 208 Å². The van der Waals surface area contributed by atoms with Crippen molar-refractivity contribution in [3.63, 3.8) is 0 Å². The monoisotopic (exact) mass is 495 g/mol. The number of nitrogens with zero attached hydrogens (tertiary/aromatic N) is 2. The largest absolute Gasteiger partial charge is 0.494 e. The number of nitrogens with one attached hydrogen (secondary N) is 1. The Hall–Kier alpha value is -3.17. The van der Waals surface area contributed by atoms with Gasteiger partial charge in [-0.1, -0.05) is 55.5 Å². The minimum absolute atomic E-state index is 0.178. The average molecular weight is 496 g/mol. The van der Waals surface area contributed by atoms with E-state index in [9.17, 15) is 14.4 Å². The number of hydrogen-bond donors (Lipinski definition) is 1. The number of ether oxygens (including phenoxy) is 1. The number of hydrogen-bond acceptors (Lipinski definition) is 6. The lowest BCUT2D eigenvalue weighted by atomic mass is 10.1. The number of rotatable bonds is 8. The molecule has 9 heteroatoms. The third-order valence-corrected chi connectivity index (χ3v) is 6.93. The van der Waals surface area contributed by atoms with Gasteiger partial charge in [-0.3, -0.25) is 24.2 Å². The van der Waals surface area contributed by atoms with Gasteiger partial charge in [-0.15, -0.1) is 0 Å². The van der Waals surface area contributed by atoms with Gasteiger partial charge in [0.25, 0.3) is 11.8 Å². The Bertz CT molecular complexity index is 1180. The molecule has 7 nitrogen and oxygen atoms in total. The second-order valence-electron chi connectivity index (χ2n) is 7.80. The number of anilines is 2. The summed E-state index contributed by atoms with van der Waals surface area (Å²) in [5.74, 6) is -0.254. The highest BCUT2D eigenvalue weighted by molar-refractivity contribution is 8.26. The van der Waals surface area contributed by atoms with Crippen LogP contribution in [0.15, 0.2) is 53.4 Å². The van der Waals surface area contributed by atoms with Gasteiger partial charge >= 0.3 is 0 Å². The fourth-order valence-corrected chi connectivity index (χ4v) is 5.24. The summed E-state index contributed by atoms with van der Waals surface area (Å²) >= 11 is 6.57. The quantitative estimate of drug-likeness (QED) is 0.431. The maximum atomic E-state index is 13.5. The summed E-state index contributed by atoms with van der Waals surface area (Å²) in [6.45, 7) is 4.85. The Morgan fingerprint density at radius 3 is 2.47 bits per heavy atom. The van der Waals surface area contributed by atoms with Gasteiger partial charge in [0.05, 0.1) is 22.8 Å². The Balaban J connectivity index is 1.57. The fraction of sp³-hybridized carbons (Fsp3) is 0.280. The van der Waals surface area contributed by atoms with Gasteiger partial charge in [0.2, 0.25) is 5.91 Å². The van der Waals surface area contributed by atoms with E-state index >= 15 is 0 Å². The molecule has 3 amide bonds. The van der Waals surface area contributed by atoms with Gasteiger partial charge in [0.15, 0.2) is 0 Å². The van der Waals surface area contributed by atoms with Crippen molar-refractivity contribution >= 4 is 63.0 Å². The van der Waals surface area contributed by atoms with Crippen molar-refractivity contribution in [2.45, 2.75) is 26.7 Å². The van der Waals surface area contributed by atoms with E-state index < -0.39 is 0 Å². The Morgan fingerprint density at radius 2 is 1.76 bits per heavy atom. The molecule has 2 heterocycles. The van der Waals surface area contributed by atoms with Crippen LogP contribution in [0.4, 0.5) is 11.4 Å². The van der Waals surface area contributed by atoms with Crippen molar-refractivity contribution in [2.75, 3.05) is 29.9 Å². The van der Waals surface area contributed by atoms with Gasteiger partial charge < -0.3 is 10.1 Å². The minimum Gasteiger partial charge on any atom is -0.494 e. The Morgan fingerprint density at radius 1 is 1.03 bits per heavy atom. The lowest BCUT2D eigenvalue weighted by molar-refractivity contribution is -0.122. The van der Waals surface area contributed by atoms with E-state index in [0.29, 0.717) is 50.6 Å². The van der Waals surface area contributed by atoms with Crippen LogP contribution in [0, 0.1) is 0 Å². The van der Waals surface area contributed by atoms with E-state index in [1.807, 2.05) is 19.9 Å². The van der Waals surface area contributed by atoms with Crippen LogP contribution in [-0.4, -0.2) is 46.6 Å². The van der Waals surface area contributed by atoms with Crippen LogP contribution in [0.2, 0.25) is 0 Å². The predicted octanol–water partition coefficient (Wildman–Crippen LogP) is 4.44. The van der Waals surface area contributed by atoms with Crippen LogP contribution in [0.25, 0.3) is 5.57 Å². The standard InChI is InChI=1S/C25H25N3O4S2/c1-3-5-14-27-24(31)22(34-25(27)33)21-18-8-6-7-9-19(18)28(23(21)30)15-20(29)26-16-10-12-17(13-11-16)32-4-2/h6-13H,3-5,14-15H2,1-2H3,(H,26,29)/b22-21+. The van der Waals surface area contributed by atoms with Gasteiger partial charge in [-0.05, 0) is 43.7 Å². The number of para-hydroxylation sites is 1.